The zero-order valence-corrected chi connectivity index (χ0v) is 18.3. The van der Waals surface area contributed by atoms with E-state index in [9.17, 15) is 9.59 Å². The van der Waals surface area contributed by atoms with Gasteiger partial charge in [-0.1, -0.05) is 42.5 Å². The van der Waals surface area contributed by atoms with Crippen LogP contribution in [0.4, 0.5) is 0 Å². The number of hydrogen-bond donors (Lipinski definition) is 1. The number of likely N-dealkylation sites (tertiary alicyclic amines) is 1. The third-order valence-corrected chi connectivity index (χ3v) is 5.64. The van der Waals surface area contributed by atoms with Crippen LogP contribution in [0.2, 0.25) is 0 Å². The molecule has 1 aliphatic rings. The number of nitrogens with one attached hydrogen (secondary N) is 1. The molecule has 0 saturated carbocycles. The molecule has 1 fully saturated rings. The number of ether oxygens (including phenoxy) is 1. The molecule has 32 heavy (non-hydrogen) atoms. The lowest BCUT2D eigenvalue weighted by molar-refractivity contribution is -0.129. The first-order chi connectivity index (χ1) is 15.7. The van der Waals surface area contributed by atoms with E-state index in [1.54, 1.807) is 18.0 Å². The van der Waals surface area contributed by atoms with E-state index < -0.39 is 0 Å². The molecule has 0 unspecified atom stereocenters. The van der Waals surface area contributed by atoms with E-state index in [1.807, 2.05) is 59.5 Å². The first kappa shape index (κ1) is 21.6. The van der Waals surface area contributed by atoms with E-state index in [0.29, 0.717) is 36.5 Å². The normalized spacial score (nSPS) is 13.2. The number of hydrogen-bond acceptors (Lipinski definition) is 4. The highest BCUT2D eigenvalue weighted by molar-refractivity contribution is 6.00. The predicted molar refractivity (Wildman–Crippen MR) is 123 cm³/mol. The van der Waals surface area contributed by atoms with Gasteiger partial charge in [0.25, 0.3) is 5.91 Å². The van der Waals surface area contributed by atoms with Crippen molar-refractivity contribution in [1.82, 2.24) is 20.0 Å². The Labute approximate surface area is 188 Å². The third-order valence-electron chi connectivity index (χ3n) is 5.64. The van der Waals surface area contributed by atoms with E-state index in [0.717, 1.165) is 37.1 Å². The van der Waals surface area contributed by atoms with Gasteiger partial charge in [-0.3, -0.25) is 14.3 Å². The Balaban J connectivity index is 1.54. The average molecular weight is 433 g/mol. The number of benzene rings is 2. The maximum absolute atomic E-state index is 13.1. The SMILES string of the molecule is COc1ccccc1-c1nn(Cc2ccccc2)cc1C(=O)NCCC(=O)N1CCCC1. The fraction of sp³-hybridized carbons (Fsp3) is 0.320. The molecule has 0 atom stereocenters. The van der Waals surface area contributed by atoms with Crippen LogP contribution in [-0.2, 0) is 11.3 Å². The number of para-hydroxylation sites is 1. The van der Waals surface area contributed by atoms with E-state index in [-0.39, 0.29) is 11.8 Å². The van der Waals surface area contributed by atoms with Crippen molar-refractivity contribution < 1.29 is 14.3 Å². The molecule has 0 spiro atoms. The molecule has 0 bridgehead atoms. The highest BCUT2D eigenvalue weighted by Crippen LogP contribution is 2.31. The van der Waals surface area contributed by atoms with Gasteiger partial charge >= 0.3 is 0 Å². The number of carbonyl (C=O) groups is 2. The minimum atomic E-state index is -0.251. The lowest BCUT2D eigenvalue weighted by Gasteiger charge is -2.15. The molecule has 2 heterocycles. The Morgan fingerprint density at radius 3 is 2.50 bits per heavy atom. The van der Waals surface area contributed by atoms with Gasteiger partial charge in [0, 0.05) is 37.8 Å². The van der Waals surface area contributed by atoms with Crippen LogP contribution in [0.15, 0.2) is 60.8 Å². The predicted octanol–water partition coefficient (Wildman–Crippen LogP) is 3.35. The largest absolute Gasteiger partial charge is 0.496 e. The van der Waals surface area contributed by atoms with Crippen molar-refractivity contribution in [2.45, 2.75) is 25.8 Å². The maximum atomic E-state index is 13.1. The number of nitrogens with zero attached hydrogens (tertiary/aromatic N) is 3. The van der Waals surface area contributed by atoms with Gasteiger partial charge in [-0.15, -0.1) is 0 Å². The number of rotatable bonds is 8. The van der Waals surface area contributed by atoms with Crippen LogP contribution in [0.3, 0.4) is 0 Å². The standard InChI is InChI=1S/C25H28N4O3/c1-32-22-12-6-5-11-20(22)24-21(18-29(27-24)17-19-9-3-2-4-10-19)25(31)26-14-13-23(30)28-15-7-8-16-28/h2-6,9-12,18H,7-8,13-17H2,1H3,(H,26,31). The Bertz CT molecular complexity index is 1070. The monoisotopic (exact) mass is 432 g/mol. The quantitative estimate of drug-likeness (QED) is 0.592. The first-order valence-corrected chi connectivity index (χ1v) is 11.0. The van der Waals surface area contributed by atoms with Crippen LogP contribution in [0.25, 0.3) is 11.3 Å². The van der Waals surface area contributed by atoms with E-state index >= 15 is 0 Å². The summed E-state index contributed by atoms with van der Waals surface area (Å²) in [6.07, 6.45) is 4.17. The molecule has 7 heteroatoms. The highest BCUT2D eigenvalue weighted by Gasteiger charge is 2.22. The van der Waals surface area contributed by atoms with Gasteiger partial charge in [0.1, 0.15) is 11.4 Å². The van der Waals surface area contributed by atoms with Crippen LogP contribution in [0.1, 0.15) is 35.2 Å². The number of carbonyl (C=O) groups excluding carboxylic acids is 2. The molecule has 0 radical (unpaired) electrons. The van der Waals surface area contributed by atoms with Crippen LogP contribution in [0, 0.1) is 0 Å². The van der Waals surface area contributed by atoms with Crippen molar-refractivity contribution in [3.63, 3.8) is 0 Å². The summed E-state index contributed by atoms with van der Waals surface area (Å²) in [4.78, 5) is 27.2. The Morgan fingerprint density at radius 1 is 1.03 bits per heavy atom. The summed E-state index contributed by atoms with van der Waals surface area (Å²) < 4.78 is 7.27. The Morgan fingerprint density at radius 2 is 1.75 bits per heavy atom. The Kier molecular flexibility index (Phi) is 6.84. The van der Waals surface area contributed by atoms with Gasteiger partial charge in [-0.25, -0.2) is 0 Å². The maximum Gasteiger partial charge on any atom is 0.255 e. The van der Waals surface area contributed by atoms with Gasteiger partial charge in [-0.2, -0.15) is 5.10 Å². The molecule has 4 rings (SSSR count). The van der Waals surface area contributed by atoms with Crippen LogP contribution >= 0.6 is 0 Å². The summed E-state index contributed by atoms with van der Waals surface area (Å²) >= 11 is 0. The summed E-state index contributed by atoms with van der Waals surface area (Å²) in [5, 5.41) is 7.61. The summed E-state index contributed by atoms with van der Waals surface area (Å²) in [5.41, 5.74) is 2.85. The minimum absolute atomic E-state index is 0.0903. The Hall–Kier alpha value is -3.61. The molecule has 7 nitrogen and oxygen atoms in total. The molecular formula is C25H28N4O3. The third kappa shape index (κ3) is 4.99. The second-order valence-corrected chi connectivity index (χ2v) is 7.87. The van der Waals surface area contributed by atoms with E-state index in [1.165, 1.54) is 0 Å². The van der Waals surface area contributed by atoms with Gasteiger partial charge in [-0.05, 0) is 30.5 Å². The zero-order chi connectivity index (χ0) is 22.3. The minimum Gasteiger partial charge on any atom is -0.496 e. The molecule has 3 aromatic rings. The molecule has 1 aromatic heterocycles. The van der Waals surface area contributed by atoms with Gasteiger partial charge in [0.15, 0.2) is 0 Å². The summed E-state index contributed by atoms with van der Waals surface area (Å²) in [7, 11) is 1.60. The molecule has 2 amide bonds. The lowest BCUT2D eigenvalue weighted by Crippen LogP contribution is -2.32. The second kappa shape index (κ2) is 10.1. The number of amides is 2. The van der Waals surface area contributed by atoms with Gasteiger partial charge in [0.05, 0.1) is 19.2 Å². The number of aromatic nitrogens is 2. The van der Waals surface area contributed by atoms with Crippen molar-refractivity contribution in [2.75, 3.05) is 26.7 Å². The molecule has 2 aromatic carbocycles. The van der Waals surface area contributed by atoms with Crippen LogP contribution in [0.5, 0.6) is 5.75 Å². The number of methoxy groups -OCH3 is 1. The first-order valence-electron chi connectivity index (χ1n) is 11.0. The van der Waals surface area contributed by atoms with Crippen LogP contribution in [-0.4, -0.2) is 53.2 Å². The molecule has 1 N–H and O–H groups in total. The summed E-state index contributed by atoms with van der Waals surface area (Å²) in [5.74, 6) is 0.489. The molecular weight excluding hydrogens is 404 g/mol. The van der Waals surface area contributed by atoms with Crippen molar-refractivity contribution in [3.8, 4) is 17.0 Å². The molecule has 1 saturated heterocycles. The summed E-state index contributed by atoms with van der Waals surface area (Å²) in [6.45, 7) is 2.47. The molecule has 166 valence electrons. The lowest BCUT2D eigenvalue weighted by atomic mass is 10.1. The smallest absolute Gasteiger partial charge is 0.255 e. The van der Waals surface area contributed by atoms with Crippen molar-refractivity contribution >= 4 is 11.8 Å². The fourth-order valence-corrected chi connectivity index (χ4v) is 3.98. The zero-order valence-electron chi connectivity index (χ0n) is 18.3. The van der Waals surface area contributed by atoms with Crippen molar-refractivity contribution in [2.24, 2.45) is 0 Å². The van der Waals surface area contributed by atoms with Crippen molar-refractivity contribution in [3.05, 3.63) is 71.9 Å². The van der Waals surface area contributed by atoms with Crippen molar-refractivity contribution in [1.29, 1.82) is 0 Å². The van der Waals surface area contributed by atoms with E-state index in [2.05, 4.69) is 5.32 Å². The van der Waals surface area contributed by atoms with Gasteiger partial charge in [0.2, 0.25) is 5.91 Å². The molecule has 1 aliphatic heterocycles. The van der Waals surface area contributed by atoms with Gasteiger partial charge < -0.3 is 15.0 Å². The van der Waals surface area contributed by atoms with Crippen LogP contribution < -0.4 is 10.1 Å². The highest BCUT2D eigenvalue weighted by atomic mass is 16.5. The second-order valence-electron chi connectivity index (χ2n) is 7.87. The fourth-order valence-electron chi connectivity index (χ4n) is 3.98. The molecule has 0 aliphatic carbocycles. The van der Waals surface area contributed by atoms with E-state index in [4.69, 9.17) is 9.84 Å². The topological polar surface area (TPSA) is 76.5 Å². The summed E-state index contributed by atoms with van der Waals surface area (Å²) in [6, 6.07) is 17.5. The average Bonchev–Trinajstić information content (AvgIpc) is 3.50.